The molecule has 0 heterocycles. The number of aromatic hydroxyl groups is 1. The molecule has 0 spiro atoms. The van der Waals surface area contributed by atoms with Crippen molar-refractivity contribution in [2.24, 2.45) is 0 Å². The lowest BCUT2D eigenvalue weighted by Gasteiger charge is -2.22. The Kier molecular flexibility index (Phi) is 6.99. The number of carbonyl (C=O) groups is 2. The smallest absolute Gasteiger partial charge is 0.508 e. The summed E-state index contributed by atoms with van der Waals surface area (Å²) in [4.78, 5) is 28.2. The van der Waals surface area contributed by atoms with E-state index in [1.807, 2.05) is 30.3 Å². The SMILES string of the molecule is CN(OC(=O)OCCc1ccccc1)[C@@H](Cc1ccc(O)cc1)C(=O)O. The molecule has 2 rings (SSSR count). The Bertz CT molecular complexity index is 717. The number of rotatable bonds is 8. The number of phenolic OH excluding ortho intramolecular Hbond substituents is 1. The Morgan fingerprint density at radius 1 is 1.04 bits per heavy atom. The molecule has 2 aromatic carbocycles. The predicted octanol–water partition coefficient (Wildman–Crippen LogP) is 2.63. The van der Waals surface area contributed by atoms with E-state index in [-0.39, 0.29) is 18.8 Å². The zero-order chi connectivity index (χ0) is 18.9. The van der Waals surface area contributed by atoms with Crippen molar-refractivity contribution < 1.29 is 29.4 Å². The standard InChI is InChI=1S/C19H21NO6/c1-20(17(18(22)23)13-15-7-9-16(21)10-8-15)26-19(24)25-12-11-14-5-3-2-4-6-14/h2-10,17,21H,11-13H2,1H3,(H,22,23)/t17-/m0/s1. The van der Waals surface area contributed by atoms with Crippen molar-refractivity contribution in [2.75, 3.05) is 13.7 Å². The van der Waals surface area contributed by atoms with Gasteiger partial charge in [-0.05, 0) is 23.3 Å². The van der Waals surface area contributed by atoms with Gasteiger partial charge in [0.2, 0.25) is 0 Å². The molecule has 138 valence electrons. The third kappa shape index (κ3) is 6.10. The van der Waals surface area contributed by atoms with Crippen LogP contribution in [0.2, 0.25) is 0 Å². The highest BCUT2D eigenvalue weighted by molar-refractivity contribution is 5.74. The van der Waals surface area contributed by atoms with Crippen LogP contribution in [-0.4, -0.2) is 47.1 Å². The molecule has 0 bridgehead atoms. The van der Waals surface area contributed by atoms with Crippen molar-refractivity contribution >= 4 is 12.1 Å². The van der Waals surface area contributed by atoms with E-state index in [2.05, 4.69) is 0 Å². The van der Waals surface area contributed by atoms with E-state index >= 15 is 0 Å². The van der Waals surface area contributed by atoms with E-state index in [1.165, 1.54) is 19.2 Å². The maximum atomic E-state index is 11.8. The van der Waals surface area contributed by atoms with E-state index in [9.17, 15) is 19.8 Å². The number of hydrogen-bond acceptors (Lipinski definition) is 6. The van der Waals surface area contributed by atoms with Gasteiger partial charge in [0.15, 0.2) is 0 Å². The first-order chi connectivity index (χ1) is 12.5. The summed E-state index contributed by atoms with van der Waals surface area (Å²) in [6.45, 7) is 0.131. The summed E-state index contributed by atoms with van der Waals surface area (Å²) in [7, 11) is 1.36. The van der Waals surface area contributed by atoms with E-state index in [1.54, 1.807) is 12.1 Å². The Hall–Kier alpha value is -3.06. The quantitative estimate of drug-likeness (QED) is 0.552. The van der Waals surface area contributed by atoms with Crippen molar-refractivity contribution in [2.45, 2.75) is 18.9 Å². The summed E-state index contributed by atoms with van der Waals surface area (Å²) < 4.78 is 4.98. The molecule has 1 atom stereocenters. The first kappa shape index (κ1) is 19.3. The number of benzene rings is 2. The number of phenols is 1. The third-order valence-corrected chi connectivity index (χ3v) is 3.76. The molecule has 0 amide bonds. The first-order valence-electron chi connectivity index (χ1n) is 8.08. The van der Waals surface area contributed by atoms with Crippen molar-refractivity contribution in [3.8, 4) is 5.75 Å². The van der Waals surface area contributed by atoms with Crippen LogP contribution in [0, 0.1) is 0 Å². The van der Waals surface area contributed by atoms with Crippen molar-refractivity contribution in [3.05, 3.63) is 65.7 Å². The van der Waals surface area contributed by atoms with Gasteiger partial charge >= 0.3 is 12.1 Å². The van der Waals surface area contributed by atoms with E-state index in [0.29, 0.717) is 12.0 Å². The van der Waals surface area contributed by atoms with Crippen molar-refractivity contribution in [1.29, 1.82) is 0 Å². The maximum absolute atomic E-state index is 11.8. The molecule has 0 unspecified atom stereocenters. The molecule has 0 radical (unpaired) electrons. The molecule has 2 aromatic rings. The molecular weight excluding hydrogens is 338 g/mol. The fraction of sp³-hybridized carbons (Fsp3) is 0.263. The number of carboxylic acids is 1. The second-order valence-corrected chi connectivity index (χ2v) is 5.70. The van der Waals surface area contributed by atoms with Crippen LogP contribution in [0.25, 0.3) is 0 Å². The lowest BCUT2D eigenvalue weighted by atomic mass is 10.1. The van der Waals surface area contributed by atoms with Crippen LogP contribution in [0.1, 0.15) is 11.1 Å². The summed E-state index contributed by atoms with van der Waals surface area (Å²) in [5, 5.41) is 19.6. The largest absolute Gasteiger partial charge is 0.527 e. The minimum Gasteiger partial charge on any atom is -0.508 e. The Morgan fingerprint density at radius 2 is 1.69 bits per heavy atom. The third-order valence-electron chi connectivity index (χ3n) is 3.76. The molecule has 0 saturated heterocycles. The van der Waals surface area contributed by atoms with Crippen LogP contribution in [0.4, 0.5) is 4.79 Å². The summed E-state index contributed by atoms with van der Waals surface area (Å²) >= 11 is 0. The Balaban J connectivity index is 1.83. The molecule has 2 N–H and O–H groups in total. The molecular formula is C19H21NO6. The van der Waals surface area contributed by atoms with Gasteiger partial charge < -0.3 is 19.8 Å². The van der Waals surface area contributed by atoms with Gasteiger partial charge in [-0.15, -0.1) is 5.06 Å². The average molecular weight is 359 g/mol. The predicted molar refractivity (Wildman–Crippen MR) is 93.6 cm³/mol. The molecule has 0 aliphatic rings. The number of hydroxylamine groups is 2. The molecule has 0 saturated carbocycles. The van der Waals surface area contributed by atoms with Gasteiger partial charge in [-0.1, -0.05) is 42.5 Å². The molecule has 0 aliphatic carbocycles. The van der Waals surface area contributed by atoms with Gasteiger partial charge in [-0.3, -0.25) is 4.79 Å². The Morgan fingerprint density at radius 3 is 2.31 bits per heavy atom. The molecule has 7 nitrogen and oxygen atoms in total. The lowest BCUT2D eigenvalue weighted by molar-refractivity contribution is -0.169. The van der Waals surface area contributed by atoms with Gasteiger partial charge in [0, 0.05) is 19.9 Å². The highest BCUT2D eigenvalue weighted by atomic mass is 16.8. The average Bonchev–Trinajstić information content (AvgIpc) is 2.61. The second-order valence-electron chi connectivity index (χ2n) is 5.70. The summed E-state index contributed by atoms with van der Waals surface area (Å²) in [5.74, 6) is -1.05. The Labute approximate surface area is 151 Å². The number of ether oxygens (including phenoxy) is 1. The summed E-state index contributed by atoms with van der Waals surface area (Å²) in [5.41, 5.74) is 1.70. The first-order valence-corrected chi connectivity index (χ1v) is 8.08. The molecule has 0 fully saturated rings. The molecule has 0 aliphatic heterocycles. The summed E-state index contributed by atoms with van der Waals surface area (Å²) in [6, 6.07) is 14.6. The van der Waals surface area contributed by atoms with Crippen LogP contribution in [0.15, 0.2) is 54.6 Å². The van der Waals surface area contributed by atoms with Gasteiger partial charge in [-0.2, -0.15) is 0 Å². The van der Waals surface area contributed by atoms with E-state index in [4.69, 9.17) is 9.57 Å². The zero-order valence-corrected chi connectivity index (χ0v) is 14.4. The van der Waals surface area contributed by atoms with Gasteiger partial charge in [0.05, 0.1) is 6.61 Å². The van der Waals surface area contributed by atoms with Crippen molar-refractivity contribution in [3.63, 3.8) is 0 Å². The minimum atomic E-state index is -1.14. The second kappa shape index (κ2) is 9.43. The van der Waals surface area contributed by atoms with Gasteiger partial charge in [-0.25, -0.2) is 4.79 Å². The highest BCUT2D eigenvalue weighted by Crippen LogP contribution is 2.14. The number of nitrogens with zero attached hydrogens (tertiary/aromatic N) is 1. The van der Waals surface area contributed by atoms with Crippen molar-refractivity contribution in [1.82, 2.24) is 5.06 Å². The molecule has 7 heteroatoms. The van der Waals surface area contributed by atoms with E-state index < -0.39 is 18.2 Å². The van der Waals surface area contributed by atoms with Crippen LogP contribution < -0.4 is 0 Å². The molecule has 0 aromatic heterocycles. The minimum absolute atomic E-state index is 0.0900. The number of likely N-dealkylation sites (N-methyl/N-ethyl adjacent to an activating group) is 1. The monoisotopic (exact) mass is 359 g/mol. The topological polar surface area (TPSA) is 96.3 Å². The fourth-order valence-electron chi connectivity index (χ4n) is 2.33. The zero-order valence-electron chi connectivity index (χ0n) is 14.4. The lowest BCUT2D eigenvalue weighted by Crippen LogP contribution is -2.41. The number of carboxylic acid groups (broad SMARTS) is 1. The number of hydrogen-bond donors (Lipinski definition) is 2. The number of aliphatic carboxylic acids is 1. The number of carbonyl (C=O) groups excluding carboxylic acids is 1. The fourth-order valence-corrected chi connectivity index (χ4v) is 2.33. The van der Waals surface area contributed by atoms with Crippen LogP contribution in [0.3, 0.4) is 0 Å². The molecule has 26 heavy (non-hydrogen) atoms. The van der Waals surface area contributed by atoms with Crippen LogP contribution in [0.5, 0.6) is 5.75 Å². The van der Waals surface area contributed by atoms with E-state index in [0.717, 1.165) is 10.6 Å². The summed E-state index contributed by atoms with van der Waals surface area (Å²) in [6.07, 6.45) is -0.320. The maximum Gasteiger partial charge on any atom is 0.527 e. The van der Waals surface area contributed by atoms with Crippen LogP contribution in [-0.2, 0) is 27.2 Å². The van der Waals surface area contributed by atoms with Gasteiger partial charge in [0.1, 0.15) is 11.8 Å². The highest BCUT2D eigenvalue weighted by Gasteiger charge is 2.26. The van der Waals surface area contributed by atoms with Gasteiger partial charge in [0.25, 0.3) is 0 Å². The van der Waals surface area contributed by atoms with Crippen LogP contribution >= 0.6 is 0 Å². The normalized spacial score (nSPS) is 11.8.